The Morgan fingerprint density at radius 2 is 2.05 bits per heavy atom. The lowest BCUT2D eigenvalue weighted by Gasteiger charge is -2.12. The molecule has 19 heavy (non-hydrogen) atoms. The molecule has 0 bridgehead atoms. The minimum atomic E-state index is 0.0887. The van der Waals surface area contributed by atoms with Gasteiger partial charge in [-0.05, 0) is 36.6 Å². The van der Waals surface area contributed by atoms with Crippen molar-refractivity contribution in [3.63, 3.8) is 0 Å². The van der Waals surface area contributed by atoms with Crippen LogP contribution in [0.4, 0.5) is 0 Å². The summed E-state index contributed by atoms with van der Waals surface area (Å²) in [6.45, 7) is 3.29. The number of carbonyl (C=O) groups excluding carboxylic acids is 1. The van der Waals surface area contributed by atoms with Gasteiger partial charge in [-0.1, -0.05) is 25.5 Å². The van der Waals surface area contributed by atoms with Crippen LogP contribution in [0.1, 0.15) is 25.3 Å². The van der Waals surface area contributed by atoms with E-state index in [0.29, 0.717) is 25.4 Å². The minimum absolute atomic E-state index is 0.0887. The molecule has 4 heteroatoms. The van der Waals surface area contributed by atoms with Gasteiger partial charge in [0.25, 0.3) is 0 Å². The van der Waals surface area contributed by atoms with Gasteiger partial charge in [0.2, 0.25) is 5.91 Å². The fourth-order valence-electron chi connectivity index (χ4n) is 1.87. The number of methoxy groups -OCH3 is 1. The predicted molar refractivity (Wildman–Crippen MR) is 77.2 cm³/mol. The number of rotatable bonds is 8. The van der Waals surface area contributed by atoms with E-state index in [1.807, 2.05) is 24.3 Å². The first-order valence-electron chi connectivity index (χ1n) is 6.79. The van der Waals surface area contributed by atoms with Crippen LogP contribution in [0.25, 0.3) is 0 Å². The lowest BCUT2D eigenvalue weighted by atomic mass is 10.0. The fraction of sp³-hybridized carbons (Fsp3) is 0.533. The lowest BCUT2D eigenvalue weighted by Crippen LogP contribution is -2.29. The zero-order valence-corrected chi connectivity index (χ0v) is 11.8. The Morgan fingerprint density at radius 1 is 1.37 bits per heavy atom. The van der Waals surface area contributed by atoms with Gasteiger partial charge in [0.05, 0.1) is 7.11 Å². The van der Waals surface area contributed by atoms with Gasteiger partial charge in [0, 0.05) is 13.0 Å². The first-order chi connectivity index (χ1) is 9.19. The van der Waals surface area contributed by atoms with Crippen molar-refractivity contribution in [2.75, 3.05) is 20.2 Å². The monoisotopic (exact) mass is 264 g/mol. The molecule has 3 N–H and O–H groups in total. The molecule has 0 heterocycles. The number of hydrogen-bond acceptors (Lipinski definition) is 3. The second kappa shape index (κ2) is 8.53. The van der Waals surface area contributed by atoms with E-state index in [1.54, 1.807) is 7.11 Å². The Hall–Kier alpha value is -1.55. The number of carbonyl (C=O) groups is 1. The smallest absolute Gasteiger partial charge is 0.220 e. The maximum absolute atomic E-state index is 11.7. The number of nitrogens with two attached hydrogens (primary N) is 1. The summed E-state index contributed by atoms with van der Waals surface area (Å²) in [6, 6.07) is 7.89. The Labute approximate surface area is 115 Å². The third-order valence-corrected chi connectivity index (χ3v) is 3.28. The molecule has 0 spiro atoms. The molecule has 4 nitrogen and oxygen atoms in total. The van der Waals surface area contributed by atoms with E-state index < -0.39 is 0 Å². The van der Waals surface area contributed by atoms with Crippen LogP contribution in [0, 0.1) is 5.92 Å². The molecule has 1 rings (SSSR count). The molecule has 0 saturated carbocycles. The highest BCUT2D eigenvalue weighted by atomic mass is 16.5. The van der Waals surface area contributed by atoms with Gasteiger partial charge < -0.3 is 15.8 Å². The molecule has 1 atom stereocenters. The van der Waals surface area contributed by atoms with Crippen molar-refractivity contribution in [3.05, 3.63) is 29.8 Å². The summed E-state index contributed by atoms with van der Waals surface area (Å²) in [6.07, 6.45) is 2.30. The van der Waals surface area contributed by atoms with Crippen LogP contribution in [0.15, 0.2) is 24.3 Å². The van der Waals surface area contributed by atoms with E-state index in [1.165, 1.54) is 5.56 Å². The molecule has 106 valence electrons. The number of nitrogens with one attached hydrogen (secondary N) is 1. The molecule has 0 radical (unpaired) electrons. The van der Waals surface area contributed by atoms with E-state index in [0.717, 1.165) is 18.6 Å². The highest BCUT2D eigenvalue weighted by molar-refractivity contribution is 5.76. The van der Waals surface area contributed by atoms with Gasteiger partial charge in [-0.15, -0.1) is 0 Å². The Morgan fingerprint density at radius 3 is 2.58 bits per heavy atom. The normalized spacial score (nSPS) is 11.9. The van der Waals surface area contributed by atoms with Crippen molar-refractivity contribution in [1.29, 1.82) is 0 Å². The van der Waals surface area contributed by atoms with Gasteiger partial charge in [-0.3, -0.25) is 4.79 Å². The molecule has 0 aliphatic carbocycles. The quantitative estimate of drug-likeness (QED) is 0.751. The van der Waals surface area contributed by atoms with E-state index in [9.17, 15) is 4.79 Å². The third-order valence-electron chi connectivity index (χ3n) is 3.28. The van der Waals surface area contributed by atoms with Gasteiger partial charge in [-0.25, -0.2) is 0 Å². The summed E-state index contributed by atoms with van der Waals surface area (Å²) in [7, 11) is 1.65. The van der Waals surface area contributed by atoms with E-state index in [4.69, 9.17) is 10.5 Å². The zero-order chi connectivity index (χ0) is 14.1. The van der Waals surface area contributed by atoms with Crippen molar-refractivity contribution in [2.24, 2.45) is 11.7 Å². The summed E-state index contributed by atoms with van der Waals surface area (Å²) in [5.41, 5.74) is 6.77. The first-order valence-corrected chi connectivity index (χ1v) is 6.79. The predicted octanol–water partition coefficient (Wildman–Crippen LogP) is 1.73. The van der Waals surface area contributed by atoms with Gasteiger partial charge in [0.15, 0.2) is 0 Å². The van der Waals surface area contributed by atoms with E-state index in [-0.39, 0.29) is 5.91 Å². The van der Waals surface area contributed by atoms with E-state index >= 15 is 0 Å². The number of hydrogen-bond donors (Lipinski definition) is 2. The third kappa shape index (κ3) is 5.75. The molecule has 0 fully saturated rings. The second-order valence-corrected chi connectivity index (χ2v) is 4.66. The average molecular weight is 264 g/mol. The molecule has 0 saturated heterocycles. The molecule has 0 aromatic heterocycles. The Bertz CT molecular complexity index is 372. The van der Waals surface area contributed by atoms with Crippen LogP contribution in [0.3, 0.4) is 0 Å². The van der Waals surface area contributed by atoms with Crippen LogP contribution in [-0.4, -0.2) is 26.1 Å². The van der Waals surface area contributed by atoms with E-state index in [2.05, 4.69) is 12.2 Å². The van der Waals surface area contributed by atoms with Crippen molar-refractivity contribution in [1.82, 2.24) is 5.32 Å². The number of amides is 1. The largest absolute Gasteiger partial charge is 0.497 e. The first kappa shape index (κ1) is 15.5. The molecule has 1 unspecified atom stereocenters. The molecule has 1 aromatic rings. The maximum Gasteiger partial charge on any atom is 0.220 e. The summed E-state index contributed by atoms with van der Waals surface area (Å²) in [4.78, 5) is 11.7. The second-order valence-electron chi connectivity index (χ2n) is 4.66. The number of benzene rings is 1. The summed E-state index contributed by atoms with van der Waals surface area (Å²) in [5, 5.41) is 2.93. The maximum atomic E-state index is 11.7. The van der Waals surface area contributed by atoms with Crippen molar-refractivity contribution in [3.8, 4) is 5.75 Å². The topological polar surface area (TPSA) is 64.4 Å². The molecule has 0 aliphatic heterocycles. The number of ether oxygens (including phenoxy) is 1. The molecule has 1 aromatic carbocycles. The fourth-order valence-corrected chi connectivity index (χ4v) is 1.87. The van der Waals surface area contributed by atoms with Gasteiger partial charge in [-0.2, -0.15) is 0 Å². The summed E-state index contributed by atoms with van der Waals surface area (Å²) in [5.74, 6) is 1.23. The van der Waals surface area contributed by atoms with Crippen molar-refractivity contribution >= 4 is 5.91 Å². The van der Waals surface area contributed by atoms with Crippen LogP contribution >= 0.6 is 0 Å². The Kier molecular flexibility index (Phi) is 6.97. The van der Waals surface area contributed by atoms with Crippen molar-refractivity contribution < 1.29 is 9.53 Å². The van der Waals surface area contributed by atoms with Crippen LogP contribution < -0.4 is 15.8 Å². The highest BCUT2D eigenvalue weighted by Gasteiger charge is 2.09. The summed E-state index contributed by atoms with van der Waals surface area (Å²) < 4.78 is 5.10. The Balaban J connectivity index is 2.27. The van der Waals surface area contributed by atoms with Crippen LogP contribution in [0.2, 0.25) is 0 Å². The molecular weight excluding hydrogens is 240 g/mol. The lowest BCUT2D eigenvalue weighted by molar-refractivity contribution is -0.121. The molecule has 1 amide bonds. The van der Waals surface area contributed by atoms with Crippen LogP contribution in [0.5, 0.6) is 5.75 Å². The van der Waals surface area contributed by atoms with Gasteiger partial charge >= 0.3 is 0 Å². The highest BCUT2D eigenvalue weighted by Crippen LogP contribution is 2.11. The standard InChI is InChI=1S/C15H24N2O2/c1-3-12(11-16)10-15(18)17-9-8-13-4-6-14(19-2)7-5-13/h4-7,12H,3,8-11,16H2,1-2H3,(H,17,18). The van der Waals surface area contributed by atoms with Crippen molar-refractivity contribution in [2.45, 2.75) is 26.2 Å². The average Bonchev–Trinajstić information content (AvgIpc) is 2.45. The molecular formula is C15H24N2O2. The SMILES string of the molecule is CCC(CN)CC(=O)NCCc1ccc(OC)cc1. The van der Waals surface area contributed by atoms with Crippen LogP contribution in [-0.2, 0) is 11.2 Å². The van der Waals surface area contributed by atoms with Gasteiger partial charge in [0.1, 0.15) is 5.75 Å². The summed E-state index contributed by atoms with van der Waals surface area (Å²) >= 11 is 0. The zero-order valence-electron chi connectivity index (χ0n) is 11.8. The minimum Gasteiger partial charge on any atom is -0.497 e. The molecule has 0 aliphatic rings.